The van der Waals surface area contributed by atoms with Gasteiger partial charge < -0.3 is 20.4 Å². The molecule has 0 heterocycles. The molecule has 0 amide bonds. The normalized spacial score (nSPS) is 2.40. The minimum Gasteiger partial charge on any atom is -0.394 e. The molecule has 4 N–H and O–H groups in total. The number of aliphatic hydroxyl groups excluding tert-OH is 4. The van der Waals surface area contributed by atoms with Gasteiger partial charge in [-0.15, -0.1) is 671 Å². The van der Waals surface area contributed by atoms with E-state index in [2.05, 4.69) is 671 Å². The lowest BCUT2D eigenvalue weighted by Crippen LogP contribution is -1.85. The van der Waals surface area contributed by atoms with Crippen molar-refractivity contribution in [3.63, 3.8) is 0 Å². The highest BCUT2D eigenvalue weighted by Crippen LogP contribution is 1.40. The van der Waals surface area contributed by atoms with Crippen LogP contribution < -0.4 is 0 Å². The van der Waals surface area contributed by atoms with E-state index in [1.54, 1.807) is 0 Å². The first kappa shape index (κ1) is 465. The van der Waals surface area contributed by atoms with Crippen LogP contribution in [0.2, 0.25) is 0 Å². The van der Waals surface area contributed by atoms with E-state index < -0.39 is 0 Å². The van der Waals surface area contributed by atoms with Crippen LogP contribution in [0.4, 0.5) is 0 Å². The number of aliphatic hydroxyl groups is 4. The lowest BCUT2D eigenvalue weighted by atomic mass is 10.8. The number of rotatable bonds is 2. The third-order valence-corrected chi connectivity index (χ3v) is 0.200. The Morgan fingerprint density at radius 1 is 0.0545 bits per heavy atom. The zero-order valence-corrected chi connectivity index (χ0v) is 76.7. The van der Waals surface area contributed by atoms with Gasteiger partial charge in [-0.3, -0.25) is 0 Å². The highest BCUT2D eigenvalue weighted by molar-refractivity contribution is 4.32. The summed E-state index contributed by atoms with van der Waals surface area (Å²) in [6, 6.07) is 0. The summed E-state index contributed by atoms with van der Waals surface area (Å²) in [7, 11) is 0. The monoisotopic (exact) mass is 1550 g/mol. The summed E-state index contributed by atoms with van der Waals surface area (Å²) in [4.78, 5) is 0. The highest BCUT2D eigenvalue weighted by Gasteiger charge is 1.58. The van der Waals surface area contributed by atoms with Crippen molar-refractivity contribution < 1.29 is 20.4 Å². The summed E-state index contributed by atoms with van der Waals surface area (Å²) in [5.74, 6) is 0. The Hall–Kier alpha value is -13.4. The van der Waals surface area contributed by atoms with Crippen LogP contribution in [0.5, 0.6) is 0 Å². The van der Waals surface area contributed by atoms with Gasteiger partial charge in [-0.2, -0.15) is 0 Å². The van der Waals surface area contributed by atoms with Crippen LogP contribution in [0.1, 0.15) is 0 Å². The van der Waals surface area contributed by atoms with Gasteiger partial charge in [-0.1, -0.05) is 0 Å². The largest absolute Gasteiger partial charge is 0.394 e. The second-order valence-corrected chi connectivity index (χ2v) is 0.894. The molecular formula is C106H216O4. The van der Waals surface area contributed by atoms with Gasteiger partial charge in [-0.25, -0.2) is 0 Å². The Bertz CT molecular complexity index is 363. The molecule has 0 fully saturated rings. The number of hydrogen-bond acceptors (Lipinski definition) is 4. The lowest BCUT2D eigenvalue weighted by molar-refractivity contribution is 0.186. The van der Waals surface area contributed by atoms with Crippen molar-refractivity contribution in [2.24, 2.45) is 0 Å². The minimum absolute atomic E-state index is 0.125. The van der Waals surface area contributed by atoms with E-state index in [0.29, 0.717) is 0 Å². The zero-order valence-electron chi connectivity index (χ0n) is 76.7. The fourth-order valence-electron chi connectivity index (χ4n) is 0. The molecule has 0 radical (unpaired) electrons. The molecule has 4 nitrogen and oxygen atoms in total. The van der Waals surface area contributed by atoms with Crippen LogP contribution in [0.25, 0.3) is 0 Å². The maximum absolute atomic E-state index is 7.62. The molecule has 0 saturated carbocycles. The van der Waals surface area contributed by atoms with Crippen LogP contribution >= 0.6 is 0 Å². The molecule has 0 aromatic heterocycles. The van der Waals surface area contributed by atoms with E-state index >= 15 is 0 Å². The Labute approximate surface area is 713 Å². The molecular weight excluding hydrogens is 1340 g/mol. The molecule has 0 spiro atoms. The summed E-state index contributed by atoms with van der Waals surface area (Å²) >= 11 is 0. The molecule has 0 aliphatic rings. The lowest BCUT2D eigenvalue weighted by Gasteiger charge is -1.70. The second kappa shape index (κ2) is 9640. The SMILES string of the molecule is C=C.C=C.C=C.C=C.C=C.C=C.C=C.C=C.C=C.C=C.C=C.C=C.C=C.C=C.C=C.C=C.C=C.C=C.C=C.C=C.C=C.C=C.C=C.C=C.C=C.C=C.C=C.C=C.C=C.C=C.C=C.C=C.C=C.C=C.C=C.C=C.C=C.C=C.C=C.C=C.C=C.C=C.C=C.C=C.C=C.C=C.C=C.C=C.C=C.C=C.C=C.OCCO.OCCO. The zero-order chi connectivity index (χ0) is 109. The van der Waals surface area contributed by atoms with Crippen LogP contribution in [-0.2, 0) is 0 Å². The van der Waals surface area contributed by atoms with E-state index in [9.17, 15) is 0 Å². The van der Waals surface area contributed by atoms with Crippen LogP contribution in [0, 0.1) is 0 Å². The maximum atomic E-state index is 7.62. The third kappa shape index (κ3) is 6350. The van der Waals surface area contributed by atoms with E-state index in [1.165, 1.54) is 0 Å². The predicted molar refractivity (Wildman–Crippen MR) is 602 cm³/mol. The van der Waals surface area contributed by atoms with E-state index in [-0.39, 0.29) is 26.4 Å². The van der Waals surface area contributed by atoms with Crippen molar-refractivity contribution in [1.29, 1.82) is 0 Å². The Kier molecular flexibility index (Phi) is 40700. The van der Waals surface area contributed by atoms with E-state index in [4.69, 9.17) is 20.4 Å². The number of hydrogen-bond donors (Lipinski definition) is 4. The first-order valence-corrected chi connectivity index (χ1v) is 27.8. The van der Waals surface area contributed by atoms with E-state index in [1.807, 2.05) is 0 Å². The average molecular weight is 1550 g/mol. The van der Waals surface area contributed by atoms with Crippen molar-refractivity contribution in [3.05, 3.63) is 671 Å². The summed E-state index contributed by atoms with van der Waals surface area (Å²) in [6.45, 7) is 306. The fourth-order valence-corrected chi connectivity index (χ4v) is 0. The van der Waals surface area contributed by atoms with Crippen LogP contribution in [0.15, 0.2) is 671 Å². The minimum atomic E-state index is -0.125. The Balaban J connectivity index is -0.00000000591. The standard InChI is InChI=1S/2C2H6O2.51C2H4/c2*3-1-2-4;51*1-2/h2*3-4H,1-2H2;51*1-2H2. The van der Waals surface area contributed by atoms with Crippen molar-refractivity contribution in [2.75, 3.05) is 26.4 Å². The van der Waals surface area contributed by atoms with Gasteiger partial charge in [0.15, 0.2) is 0 Å². The fraction of sp³-hybridized carbons (Fsp3) is 0.0377. The predicted octanol–water partition coefficient (Wildman–Crippen LogP) is 38.9. The Morgan fingerprint density at radius 3 is 0.0636 bits per heavy atom. The Morgan fingerprint density at radius 2 is 0.0636 bits per heavy atom. The second-order valence-electron chi connectivity index (χ2n) is 0.894. The van der Waals surface area contributed by atoms with Gasteiger partial charge in [0.05, 0.1) is 26.4 Å². The molecule has 0 aliphatic carbocycles. The summed E-state index contributed by atoms with van der Waals surface area (Å²) < 4.78 is 0. The van der Waals surface area contributed by atoms with Gasteiger partial charge >= 0.3 is 0 Å². The molecule has 0 aromatic rings. The average Bonchev–Trinajstić information content (AvgIpc) is 3.93. The quantitative estimate of drug-likeness (QED) is 0.208. The van der Waals surface area contributed by atoms with Crippen LogP contribution in [-0.4, -0.2) is 46.9 Å². The highest BCUT2D eigenvalue weighted by atomic mass is 16.3. The molecule has 0 bridgehead atoms. The third-order valence-electron chi connectivity index (χ3n) is 0.200. The topological polar surface area (TPSA) is 80.9 Å². The first-order chi connectivity index (χ1) is 54.8. The summed E-state index contributed by atoms with van der Waals surface area (Å²) in [5, 5.41) is 30.5. The summed E-state index contributed by atoms with van der Waals surface area (Å²) in [5.41, 5.74) is 0. The maximum Gasteiger partial charge on any atom is 0.0662 e. The molecule has 4 heteroatoms. The van der Waals surface area contributed by atoms with Crippen molar-refractivity contribution in [1.82, 2.24) is 0 Å². The first-order valence-electron chi connectivity index (χ1n) is 27.8. The molecule has 0 unspecified atom stereocenters. The van der Waals surface area contributed by atoms with Gasteiger partial charge in [0, 0.05) is 0 Å². The molecule has 0 aromatic carbocycles. The molecule has 0 rings (SSSR count). The molecule has 110 heavy (non-hydrogen) atoms. The van der Waals surface area contributed by atoms with Crippen LogP contribution in [0.3, 0.4) is 0 Å². The van der Waals surface area contributed by atoms with Gasteiger partial charge in [0.1, 0.15) is 0 Å². The molecule has 664 valence electrons. The van der Waals surface area contributed by atoms with Gasteiger partial charge in [0.25, 0.3) is 0 Å². The molecule has 0 saturated heterocycles. The van der Waals surface area contributed by atoms with Crippen molar-refractivity contribution in [2.45, 2.75) is 0 Å². The van der Waals surface area contributed by atoms with Crippen molar-refractivity contribution in [3.8, 4) is 0 Å². The summed E-state index contributed by atoms with van der Waals surface area (Å²) in [6.07, 6.45) is 0. The van der Waals surface area contributed by atoms with Gasteiger partial charge in [0.2, 0.25) is 0 Å². The van der Waals surface area contributed by atoms with Gasteiger partial charge in [-0.05, 0) is 0 Å². The van der Waals surface area contributed by atoms with Crippen molar-refractivity contribution >= 4 is 0 Å². The smallest absolute Gasteiger partial charge is 0.0662 e. The molecule has 0 aliphatic heterocycles. The van der Waals surface area contributed by atoms with E-state index in [0.717, 1.165) is 0 Å². The molecule has 0 atom stereocenters.